The van der Waals surface area contributed by atoms with Gasteiger partial charge in [-0.15, -0.1) is 11.3 Å². The zero-order valence-corrected chi connectivity index (χ0v) is 19.6. The summed E-state index contributed by atoms with van der Waals surface area (Å²) in [4.78, 5) is 38.7. The largest absolute Gasteiger partial charge is 0.342 e. The van der Waals surface area contributed by atoms with Gasteiger partial charge in [0.05, 0.1) is 28.3 Å². The van der Waals surface area contributed by atoms with E-state index in [0.717, 1.165) is 83.6 Å². The monoisotopic (exact) mass is 455 g/mol. The first-order valence-corrected chi connectivity index (χ1v) is 12.8. The molecular weight excluding hydrogens is 422 g/mol. The van der Waals surface area contributed by atoms with Crippen LogP contribution in [0.5, 0.6) is 0 Å². The number of carbonyl (C=O) groups is 2. The van der Waals surface area contributed by atoms with Crippen molar-refractivity contribution in [3.05, 3.63) is 29.3 Å². The summed E-state index contributed by atoms with van der Waals surface area (Å²) in [7, 11) is 0. The Morgan fingerprint density at radius 3 is 2.28 bits per heavy atom. The van der Waals surface area contributed by atoms with E-state index in [1.807, 2.05) is 15.9 Å². The molecule has 8 heteroatoms. The number of hydrogen-bond acceptors (Lipinski definition) is 6. The third-order valence-electron chi connectivity index (χ3n) is 7.07. The summed E-state index contributed by atoms with van der Waals surface area (Å²) in [6.07, 6.45) is 4.52. The van der Waals surface area contributed by atoms with Crippen LogP contribution in [0.3, 0.4) is 0 Å². The smallest absolute Gasteiger partial charge is 0.236 e. The lowest BCUT2D eigenvalue weighted by atomic mass is 9.98. The van der Waals surface area contributed by atoms with E-state index in [2.05, 4.69) is 28.0 Å². The van der Waals surface area contributed by atoms with Gasteiger partial charge in [0.2, 0.25) is 11.8 Å². The van der Waals surface area contributed by atoms with Crippen LogP contribution < -0.4 is 0 Å². The number of piperazine rings is 1. The molecule has 2 aromatic rings. The standard InChI is InChI=1S/C24H33N5O2S/c30-22(28-10-3-4-11-28)17-26-12-14-29(15-13-26)23(31)18-27-9-5-6-19(16-27)24-25-20-7-1-2-8-21(20)32-24/h1-2,7-8,19H,3-6,9-18H2/t19-/m1/s1. The number of piperidine rings is 1. The second-order valence-corrected chi connectivity index (χ2v) is 10.4. The van der Waals surface area contributed by atoms with Crippen molar-refractivity contribution in [1.82, 2.24) is 24.6 Å². The first-order valence-electron chi connectivity index (χ1n) is 12.0. The van der Waals surface area contributed by atoms with Crippen molar-refractivity contribution in [2.24, 2.45) is 0 Å². The molecule has 7 nitrogen and oxygen atoms in total. The van der Waals surface area contributed by atoms with Gasteiger partial charge in [-0.05, 0) is 44.4 Å². The molecule has 4 heterocycles. The van der Waals surface area contributed by atoms with E-state index in [1.165, 1.54) is 9.71 Å². The summed E-state index contributed by atoms with van der Waals surface area (Å²) in [5.41, 5.74) is 1.08. The van der Waals surface area contributed by atoms with Crippen LogP contribution in [0.15, 0.2) is 24.3 Å². The van der Waals surface area contributed by atoms with Crippen molar-refractivity contribution in [1.29, 1.82) is 0 Å². The molecule has 0 radical (unpaired) electrons. The summed E-state index contributed by atoms with van der Waals surface area (Å²) in [5.74, 6) is 0.888. The average molecular weight is 456 g/mol. The first kappa shape index (κ1) is 21.8. The number of aromatic nitrogens is 1. The van der Waals surface area contributed by atoms with Crippen molar-refractivity contribution in [3.63, 3.8) is 0 Å². The molecule has 3 saturated heterocycles. The van der Waals surface area contributed by atoms with E-state index in [1.54, 1.807) is 11.3 Å². The van der Waals surface area contributed by atoms with Gasteiger partial charge in [0.25, 0.3) is 0 Å². The molecular formula is C24H33N5O2S. The van der Waals surface area contributed by atoms with Crippen LogP contribution in [0.1, 0.15) is 36.6 Å². The lowest BCUT2D eigenvalue weighted by Gasteiger charge is -2.37. The van der Waals surface area contributed by atoms with Crippen LogP contribution in [0.25, 0.3) is 10.2 Å². The van der Waals surface area contributed by atoms with Crippen LogP contribution in [-0.4, -0.2) is 102 Å². The Kier molecular flexibility index (Phi) is 6.71. The van der Waals surface area contributed by atoms with Crippen LogP contribution in [-0.2, 0) is 9.59 Å². The lowest BCUT2D eigenvalue weighted by molar-refractivity contribution is -0.135. The molecule has 172 valence electrons. The van der Waals surface area contributed by atoms with E-state index in [-0.39, 0.29) is 11.8 Å². The number of nitrogens with zero attached hydrogens (tertiary/aromatic N) is 5. The van der Waals surface area contributed by atoms with E-state index in [4.69, 9.17) is 4.98 Å². The second-order valence-electron chi connectivity index (χ2n) is 9.34. The van der Waals surface area contributed by atoms with Crippen molar-refractivity contribution >= 4 is 33.4 Å². The highest BCUT2D eigenvalue weighted by Crippen LogP contribution is 2.32. The number of para-hydroxylation sites is 1. The van der Waals surface area contributed by atoms with Gasteiger partial charge in [-0.25, -0.2) is 4.98 Å². The number of fused-ring (bicyclic) bond motifs is 1. The van der Waals surface area contributed by atoms with E-state index >= 15 is 0 Å². The third-order valence-corrected chi connectivity index (χ3v) is 8.27. The first-order chi connectivity index (χ1) is 15.7. The van der Waals surface area contributed by atoms with Gasteiger partial charge >= 0.3 is 0 Å². The Morgan fingerprint density at radius 1 is 0.844 bits per heavy atom. The molecule has 1 atom stereocenters. The van der Waals surface area contributed by atoms with Crippen LogP contribution in [0.4, 0.5) is 0 Å². The minimum absolute atomic E-state index is 0.223. The number of amides is 2. The predicted molar refractivity (Wildman–Crippen MR) is 127 cm³/mol. The van der Waals surface area contributed by atoms with E-state index in [9.17, 15) is 9.59 Å². The van der Waals surface area contributed by atoms with Crippen molar-refractivity contribution in [3.8, 4) is 0 Å². The Hall–Kier alpha value is -2.03. The molecule has 1 aromatic heterocycles. The Labute approximate surface area is 194 Å². The fourth-order valence-corrected chi connectivity index (χ4v) is 6.26. The zero-order valence-electron chi connectivity index (χ0n) is 18.7. The maximum absolute atomic E-state index is 13.0. The molecule has 0 aliphatic carbocycles. The maximum atomic E-state index is 13.0. The Morgan fingerprint density at radius 2 is 1.53 bits per heavy atom. The predicted octanol–water partition coefficient (Wildman–Crippen LogP) is 2.24. The fourth-order valence-electron chi connectivity index (χ4n) is 5.17. The summed E-state index contributed by atoms with van der Waals surface area (Å²) < 4.78 is 1.25. The summed E-state index contributed by atoms with van der Waals surface area (Å²) >= 11 is 1.80. The third kappa shape index (κ3) is 4.97. The maximum Gasteiger partial charge on any atom is 0.236 e. The molecule has 3 aliphatic rings. The number of hydrogen-bond donors (Lipinski definition) is 0. The number of thiazole rings is 1. The van der Waals surface area contributed by atoms with Gasteiger partial charge in [-0.1, -0.05) is 12.1 Å². The fraction of sp³-hybridized carbons (Fsp3) is 0.625. The van der Waals surface area contributed by atoms with Gasteiger partial charge in [-0.2, -0.15) is 0 Å². The average Bonchev–Trinajstić information content (AvgIpc) is 3.50. The normalized spacial score (nSPS) is 23.2. The van der Waals surface area contributed by atoms with Crippen LogP contribution in [0.2, 0.25) is 0 Å². The van der Waals surface area contributed by atoms with Crippen LogP contribution in [0, 0.1) is 0 Å². The Bertz CT molecular complexity index is 916. The topological polar surface area (TPSA) is 60.0 Å². The lowest BCUT2D eigenvalue weighted by Crippen LogP contribution is -2.53. The van der Waals surface area contributed by atoms with E-state index < -0.39 is 0 Å². The second kappa shape index (κ2) is 9.85. The highest BCUT2D eigenvalue weighted by Gasteiger charge is 2.29. The molecule has 0 spiro atoms. The molecule has 3 fully saturated rings. The van der Waals surface area contributed by atoms with Crippen LogP contribution >= 0.6 is 11.3 Å². The molecule has 32 heavy (non-hydrogen) atoms. The summed E-state index contributed by atoms with van der Waals surface area (Å²) in [6, 6.07) is 8.33. The highest BCUT2D eigenvalue weighted by atomic mass is 32.1. The zero-order chi connectivity index (χ0) is 21.9. The quantitative estimate of drug-likeness (QED) is 0.692. The molecule has 3 aliphatic heterocycles. The van der Waals surface area contributed by atoms with Gasteiger partial charge in [0.15, 0.2) is 0 Å². The van der Waals surface area contributed by atoms with Gasteiger partial charge in [0, 0.05) is 51.7 Å². The summed E-state index contributed by atoms with van der Waals surface area (Å²) in [5, 5.41) is 1.21. The number of benzene rings is 1. The molecule has 5 rings (SSSR count). The number of carbonyl (C=O) groups excluding carboxylic acids is 2. The van der Waals surface area contributed by atoms with Crippen molar-refractivity contribution in [2.75, 3.05) is 65.4 Å². The Balaban J connectivity index is 1.10. The highest BCUT2D eigenvalue weighted by molar-refractivity contribution is 7.18. The molecule has 0 bridgehead atoms. The minimum Gasteiger partial charge on any atom is -0.342 e. The molecule has 2 amide bonds. The van der Waals surface area contributed by atoms with Gasteiger partial charge in [0.1, 0.15) is 0 Å². The van der Waals surface area contributed by atoms with Crippen molar-refractivity contribution in [2.45, 2.75) is 31.6 Å². The van der Waals surface area contributed by atoms with E-state index in [0.29, 0.717) is 19.0 Å². The van der Waals surface area contributed by atoms with Crippen molar-refractivity contribution < 1.29 is 9.59 Å². The molecule has 0 unspecified atom stereocenters. The number of rotatable bonds is 5. The van der Waals surface area contributed by atoms with Gasteiger partial charge in [-0.3, -0.25) is 19.4 Å². The number of likely N-dealkylation sites (tertiary alicyclic amines) is 2. The summed E-state index contributed by atoms with van der Waals surface area (Å²) in [6.45, 7) is 7.73. The molecule has 0 saturated carbocycles. The molecule has 1 aromatic carbocycles. The van der Waals surface area contributed by atoms with Gasteiger partial charge < -0.3 is 9.80 Å². The molecule has 0 N–H and O–H groups in total. The minimum atomic E-state index is 0.223. The SMILES string of the molecule is O=C(CN1CCN(C(=O)CN2CCC[C@@H](c3nc4ccccc4s3)C2)CC1)N1CCCC1.